The number of phenolic OH excluding ortho intramolecular Hbond substituents is 3. The van der Waals surface area contributed by atoms with Crippen molar-refractivity contribution >= 4 is 0 Å². The summed E-state index contributed by atoms with van der Waals surface area (Å²) in [6.07, 6.45) is 0. The Morgan fingerprint density at radius 3 is 1.54 bits per heavy atom. The van der Waals surface area contributed by atoms with Crippen LogP contribution in [0.15, 0.2) is 60.7 Å². The Morgan fingerprint density at radius 1 is 0.583 bits per heavy atom. The molecule has 0 heterocycles. The molecule has 0 bridgehead atoms. The van der Waals surface area contributed by atoms with Crippen LogP contribution in [0.2, 0.25) is 0 Å². The Kier molecular flexibility index (Phi) is 4.17. The summed E-state index contributed by atoms with van der Waals surface area (Å²) in [5.41, 5.74) is 3.44. The molecule has 3 aromatic rings. The second kappa shape index (κ2) is 6.28. The van der Waals surface area contributed by atoms with Crippen LogP contribution in [0.3, 0.4) is 0 Å². The molecule has 0 unspecified atom stereocenters. The predicted molar refractivity (Wildman–Crippen MR) is 94.7 cm³/mol. The Bertz CT molecular complexity index is 833. The summed E-state index contributed by atoms with van der Waals surface area (Å²) >= 11 is 0. The van der Waals surface area contributed by atoms with Gasteiger partial charge in [-0.3, -0.25) is 0 Å². The van der Waals surface area contributed by atoms with Gasteiger partial charge in [0.25, 0.3) is 0 Å². The van der Waals surface area contributed by atoms with E-state index in [9.17, 15) is 15.3 Å². The molecule has 3 rings (SSSR count). The van der Waals surface area contributed by atoms with Crippen molar-refractivity contribution in [3.63, 3.8) is 0 Å². The minimum Gasteiger partial charge on any atom is -0.508 e. The molecule has 0 fully saturated rings. The second-order valence-electron chi connectivity index (χ2n) is 6.02. The fraction of sp³-hybridized carbons (Fsp3) is 0.143. The topological polar surface area (TPSA) is 60.7 Å². The Hall–Kier alpha value is -2.94. The van der Waals surface area contributed by atoms with Gasteiger partial charge in [0.1, 0.15) is 17.2 Å². The van der Waals surface area contributed by atoms with Gasteiger partial charge in [-0.1, -0.05) is 54.6 Å². The van der Waals surface area contributed by atoms with Gasteiger partial charge in [-0.05, 0) is 31.0 Å². The van der Waals surface area contributed by atoms with Gasteiger partial charge in [-0.25, -0.2) is 0 Å². The molecule has 3 aromatic carbocycles. The van der Waals surface area contributed by atoms with E-state index in [2.05, 4.69) is 0 Å². The first kappa shape index (κ1) is 15.9. The molecule has 24 heavy (non-hydrogen) atoms. The molecule has 0 aliphatic heterocycles. The average molecular weight is 320 g/mol. The molecule has 0 saturated carbocycles. The third-order valence-corrected chi connectivity index (χ3v) is 4.41. The Labute approximate surface area is 141 Å². The van der Waals surface area contributed by atoms with Gasteiger partial charge in [0.15, 0.2) is 0 Å². The quantitative estimate of drug-likeness (QED) is 0.618. The predicted octanol–water partition coefficient (Wildman–Crippen LogP) is 4.60. The molecular weight excluding hydrogens is 300 g/mol. The maximum absolute atomic E-state index is 10.6. The van der Waals surface area contributed by atoms with E-state index in [0.29, 0.717) is 16.7 Å². The summed E-state index contributed by atoms with van der Waals surface area (Å²) in [6.45, 7) is 3.66. The highest BCUT2D eigenvalue weighted by atomic mass is 16.3. The lowest BCUT2D eigenvalue weighted by Gasteiger charge is -2.23. The lowest BCUT2D eigenvalue weighted by molar-refractivity contribution is 0.447. The zero-order valence-corrected chi connectivity index (χ0v) is 13.7. The van der Waals surface area contributed by atoms with Gasteiger partial charge in [0.05, 0.1) is 0 Å². The minimum absolute atomic E-state index is 0.129. The number of aromatic hydroxyl groups is 3. The van der Waals surface area contributed by atoms with Crippen molar-refractivity contribution in [3.05, 3.63) is 88.5 Å². The van der Waals surface area contributed by atoms with E-state index in [0.717, 1.165) is 11.1 Å². The van der Waals surface area contributed by atoms with Crippen molar-refractivity contribution in [1.82, 2.24) is 0 Å². The van der Waals surface area contributed by atoms with Crippen LogP contribution in [0, 0.1) is 13.8 Å². The SMILES string of the molecule is Cc1cccc(C(c2ccccc2O)c2cccc(C)c2O)c1O. The summed E-state index contributed by atoms with van der Waals surface area (Å²) < 4.78 is 0. The van der Waals surface area contributed by atoms with E-state index < -0.39 is 5.92 Å². The molecule has 0 aliphatic carbocycles. The van der Waals surface area contributed by atoms with Gasteiger partial charge < -0.3 is 15.3 Å². The summed E-state index contributed by atoms with van der Waals surface area (Å²) in [5, 5.41) is 31.5. The molecule has 3 nitrogen and oxygen atoms in total. The van der Waals surface area contributed by atoms with Crippen LogP contribution < -0.4 is 0 Å². The molecule has 0 aliphatic rings. The molecule has 122 valence electrons. The smallest absolute Gasteiger partial charge is 0.122 e. The first-order valence-corrected chi connectivity index (χ1v) is 7.85. The number of aryl methyl sites for hydroxylation is 2. The Balaban J connectivity index is 2.32. The van der Waals surface area contributed by atoms with E-state index >= 15 is 0 Å². The average Bonchev–Trinajstić information content (AvgIpc) is 2.57. The van der Waals surface area contributed by atoms with Crippen LogP contribution in [0.25, 0.3) is 0 Å². The van der Waals surface area contributed by atoms with E-state index in [1.165, 1.54) is 0 Å². The van der Waals surface area contributed by atoms with Crippen molar-refractivity contribution in [2.24, 2.45) is 0 Å². The largest absolute Gasteiger partial charge is 0.508 e. The molecule has 0 amide bonds. The van der Waals surface area contributed by atoms with Gasteiger partial charge in [0, 0.05) is 22.6 Å². The van der Waals surface area contributed by atoms with E-state index in [1.807, 2.05) is 62.4 Å². The van der Waals surface area contributed by atoms with Crippen molar-refractivity contribution in [3.8, 4) is 17.2 Å². The van der Waals surface area contributed by atoms with Crippen LogP contribution in [0.5, 0.6) is 17.2 Å². The highest BCUT2D eigenvalue weighted by Crippen LogP contribution is 2.44. The molecule has 0 aromatic heterocycles. The first-order chi connectivity index (χ1) is 11.5. The minimum atomic E-state index is -0.467. The number of phenols is 3. The van der Waals surface area contributed by atoms with Crippen molar-refractivity contribution in [1.29, 1.82) is 0 Å². The second-order valence-corrected chi connectivity index (χ2v) is 6.02. The summed E-state index contributed by atoms with van der Waals surface area (Å²) in [6, 6.07) is 18.0. The highest BCUT2D eigenvalue weighted by molar-refractivity contribution is 5.58. The number of para-hydroxylation sites is 3. The van der Waals surface area contributed by atoms with E-state index in [-0.39, 0.29) is 17.2 Å². The van der Waals surface area contributed by atoms with Crippen molar-refractivity contribution < 1.29 is 15.3 Å². The summed E-state index contributed by atoms with van der Waals surface area (Å²) in [5.74, 6) is 0.00799. The van der Waals surface area contributed by atoms with Crippen molar-refractivity contribution in [2.45, 2.75) is 19.8 Å². The van der Waals surface area contributed by atoms with Crippen molar-refractivity contribution in [2.75, 3.05) is 0 Å². The van der Waals surface area contributed by atoms with Gasteiger partial charge in [-0.2, -0.15) is 0 Å². The van der Waals surface area contributed by atoms with Crippen LogP contribution in [-0.2, 0) is 0 Å². The highest BCUT2D eigenvalue weighted by Gasteiger charge is 2.25. The number of hydrogen-bond acceptors (Lipinski definition) is 3. The zero-order valence-electron chi connectivity index (χ0n) is 13.7. The van der Waals surface area contributed by atoms with Crippen LogP contribution in [0.4, 0.5) is 0 Å². The van der Waals surface area contributed by atoms with Gasteiger partial charge in [0.2, 0.25) is 0 Å². The summed E-state index contributed by atoms with van der Waals surface area (Å²) in [4.78, 5) is 0. The molecule has 0 spiro atoms. The molecule has 0 saturated heterocycles. The van der Waals surface area contributed by atoms with Crippen LogP contribution in [0.1, 0.15) is 33.7 Å². The van der Waals surface area contributed by atoms with Crippen LogP contribution in [-0.4, -0.2) is 15.3 Å². The third-order valence-electron chi connectivity index (χ3n) is 4.41. The maximum Gasteiger partial charge on any atom is 0.122 e. The Morgan fingerprint density at radius 2 is 1.04 bits per heavy atom. The zero-order chi connectivity index (χ0) is 17.3. The standard InChI is InChI=1S/C21H20O3/c1-13-7-5-10-16(20(13)23)19(15-9-3-4-12-18(15)22)17-11-6-8-14(2)21(17)24/h3-12,19,22-24H,1-2H3. The molecule has 3 N–H and O–H groups in total. The van der Waals surface area contributed by atoms with E-state index in [4.69, 9.17) is 0 Å². The molecular formula is C21H20O3. The van der Waals surface area contributed by atoms with Gasteiger partial charge in [-0.15, -0.1) is 0 Å². The number of rotatable bonds is 3. The number of hydrogen-bond donors (Lipinski definition) is 3. The van der Waals surface area contributed by atoms with Gasteiger partial charge >= 0.3 is 0 Å². The molecule has 0 atom stereocenters. The fourth-order valence-corrected chi connectivity index (χ4v) is 3.06. The third kappa shape index (κ3) is 2.69. The maximum atomic E-state index is 10.6. The lowest BCUT2D eigenvalue weighted by atomic mass is 9.82. The molecule has 3 heteroatoms. The normalized spacial score (nSPS) is 11.0. The van der Waals surface area contributed by atoms with Crippen LogP contribution >= 0.6 is 0 Å². The first-order valence-electron chi connectivity index (χ1n) is 7.85. The summed E-state index contributed by atoms with van der Waals surface area (Å²) in [7, 11) is 0. The van der Waals surface area contributed by atoms with E-state index in [1.54, 1.807) is 12.1 Å². The monoisotopic (exact) mass is 320 g/mol. The fourth-order valence-electron chi connectivity index (χ4n) is 3.06. The lowest BCUT2D eigenvalue weighted by Crippen LogP contribution is -2.05. The molecule has 0 radical (unpaired) electrons. The number of benzene rings is 3.